The summed E-state index contributed by atoms with van der Waals surface area (Å²) < 4.78 is 68.3. The van der Waals surface area contributed by atoms with Crippen molar-refractivity contribution in [2.75, 3.05) is 6.61 Å². The lowest BCUT2D eigenvalue weighted by molar-refractivity contribution is -0.150. The van der Waals surface area contributed by atoms with Crippen LogP contribution in [0.3, 0.4) is 0 Å². The average molecular weight is 334 g/mol. The smallest absolute Gasteiger partial charge is 0.419 e. The fraction of sp³-hybridized carbons (Fsp3) is 0.417. The Morgan fingerprint density at radius 1 is 1.38 bits per heavy atom. The quantitative estimate of drug-likeness (QED) is 0.680. The van der Waals surface area contributed by atoms with Gasteiger partial charge in [0.15, 0.2) is 0 Å². The average Bonchev–Trinajstić information content (AvgIpc) is 2.35. The first-order valence-corrected chi connectivity index (χ1v) is 5.61. The number of hydrogen-bond acceptors (Lipinski definition) is 3. The Morgan fingerprint density at radius 2 is 1.95 bits per heavy atom. The first kappa shape index (κ1) is 19.6. The van der Waals surface area contributed by atoms with Gasteiger partial charge >= 0.3 is 12.1 Å². The van der Waals surface area contributed by atoms with Crippen LogP contribution in [0, 0.1) is 5.82 Å². The van der Waals surface area contributed by atoms with E-state index in [1.807, 2.05) is 0 Å². The van der Waals surface area contributed by atoms with Crippen LogP contribution in [0.5, 0.6) is 0 Å². The highest BCUT2D eigenvalue weighted by Crippen LogP contribution is 2.32. The van der Waals surface area contributed by atoms with E-state index < -0.39 is 35.7 Å². The maximum atomic E-state index is 13.6. The van der Waals surface area contributed by atoms with E-state index in [0.29, 0.717) is 12.1 Å². The van der Waals surface area contributed by atoms with Crippen LogP contribution in [0.1, 0.15) is 24.1 Å². The molecular weight excluding hydrogens is 321 g/mol. The molecule has 2 atom stereocenters. The second-order valence-electron chi connectivity index (χ2n) is 3.92. The molecule has 0 saturated heterocycles. The van der Waals surface area contributed by atoms with E-state index in [2.05, 4.69) is 4.74 Å². The molecule has 0 aromatic heterocycles. The fourth-order valence-corrected chi connectivity index (χ4v) is 1.51. The molecule has 9 heteroatoms. The van der Waals surface area contributed by atoms with Crippen molar-refractivity contribution in [3.8, 4) is 0 Å². The normalized spacial score (nSPS) is 14.0. The van der Waals surface area contributed by atoms with Crippen molar-refractivity contribution in [1.82, 2.24) is 0 Å². The van der Waals surface area contributed by atoms with Crippen molar-refractivity contribution in [2.24, 2.45) is 5.73 Å². The Hall–Kier alpha value is -1.41. The molecule has 0 heterocycles. The Balaban J connectivity index is 0.00000400. The molecule has 1 rings (SSSR count). The van der Waals surface area contributed by atoms with Gasteiger partial charge in [0.05, 0.1) is 18.2 Å². The summed E-state index contributed by atoms with van der Waals surface area (Å²) in [7, 11) is 0. The van der Waals surface area contributed by atoms with Crippen LogP contribution in [-0.2, 0) is 15.7 Å². The zero-order valence-corrected chi connectivity index (χ0v) is 11.6. The van der Waals surface area contributed by atoms with E-state index in [9.17, 15) is 26.7 Å². The number of halogens is 6. The molecule has 0 spiro atoms. The third-order valence-corrected chi connectivity index (χ3v) is 2.51. The number of nitrogens with two attached hydrogens (primary N) is 1. The lowest BCUT2D eigenvalue weighted by Crippen LogP contribution is -2.31. The van der Waals surface area contributed by atoms with Crippen molar-refractivity contribution >= 4 is 18.4 Å². The van der Waals surface area contributed by atoms with Gasteiger partial charge in [-0.1, -0.05) is 6.07 Å². The van der Waals surface area contributed by atoms with Crippen LogP contribution in [-0.4, -0.2) is 18.7 Å². The van der Waals surface area contributed by atoms with Gasteiger partial charge in [0.1, 0.15) is 5.82 Å². The van der Waals surface area contributed by atoms with E-state index in [1.54, 1.807) is 0 Å². The third kappa shape index (κ3) is 4.82. The second-order valence-corrected chi connectivity index (χ2v) is 3.92. The Morgan fingerprint density at radius 3 is 2.38 bits per heavy atom. The summed E-state index contributed by atoms with van der Waals surface area (Å²) >= 11 is 0. The van der Waals surface area contributed by atoms with Crippen LogP contribution in [0.15, 0.2) is 18.2 Å². The van der Waals surface area contributed by atoms with Gasteiger partial charge in [-0.25, -0.2) is 13.6 Å². The summed E-state index contributed by atoms with van der Waals surface area (Å²) in [6.45, 7) is 1.38. The lowest BCUT2D eigenvalue weighted by atomic mass is 10.0. The van der Waals surface area contributed by atoms with Gasteiger partial charge in [-0.3, -0.25) is 0 Å². The van der Waals surface area contributed by atoms with Gasteiger partial charge in [0, 0.05) is 0 Å². The van der Waals surface area contributed by atoms with Crippen LogP contribution >= 0.6 is 12.4 Å². The first-order chi connectivity index (χ1) is 9.18. The van der Waals surface area contributed by atoms with Gasteiger partial charge in [0.25, 0.3) is 0 Å². The summed E-state index contributed by atoms with van der Waals surface area (Å²) in [5.41, 5.74) is 3.62. The topological polar surface area (TPSA) is 52.3 Å². The molecule has 0 amide bonds. The summed E-state index contributed by atoms with van der Waals surface area (Å²) in [4.78, 5) is 11.1. The molecule has 0 bridgehead atoms. The van der Waals surface area contributed by atoms with Crippen molar-refractivity contribution in [3.05, 3.63) is 35.1 Å². The standard InChI is InChI=1S/C12H12F5NO2.ClH/c1-2-20-11(19)9(14)10(18)6-3-4-7(8(13)5-6)12(15,16)17;/h3-5,9-10H,2,18H2,1H3;1H/t9?,10-;/m1./s1. The largest absolute Gasteiger partial charge is 0.464 e. The first-order valence-electron chi connectivity index (χ1n) is 5.61. The highest BCUT2D eigenvalue weighted by molar-refractivity contribution is 5.85. The molecule has 3 nitrogen and oxygen atoms in total. The van der Waals surface area contributed by atoms with Gasteiger partial charge in [-0.05, 0) is 24.6 Å². The molecule has 2 N–H and O–H groups in total. The highest BCUT2D eigenvalue weighted by atomic mass is 35.5. The summed E-state index contributed by atoms with van der Waals surface area (Å²) in [5, 5.41) is 0. The van der Waals surface area contributed by atoms with E-state index >= 15 is 0 Å². The molecular formula is C12H13ClF5NO2. The number of esters is 1. The van der Waals surface area contributed by atoms with Crippen LogP contribution < -0.4 is 5.73 Å². The molecule has 120 valence electrons. The van der Waals surface area contributed by atoms with E-state index in [0.717, 1.165) is 6.07 Å². The predicted octanol–water partition coefficient (Wildman–Crippen LogP) is 3.17. The molecule has 1 aromatic rings. The molecule has 21 heavy (non-hydrogen) atoms. The molecule has 0 aliphatic rings. The molecule has 0 fully saturated rings. The number of hydrogen-bond donors (Lipinski definition) is 1. The maximum Gasteiger partial charge on any atom is 0.419 e. The zero-order valence-electron chi connectivity index (χ0n) is 10.8. The molecule has 0 radical (unpaired) electrons. The maximum absolute atomic E-state index is 13.6. The van der Waals surface area contributed by atoms with Crippen molar-refractivity contribution in [3.63, 3.8) is 0 Å². The number of alkyl halides is 4. The number of benzene rings is 1. The predicted molar refractivity (Wildman–Crippen MR) is 67.1 cm³/mol. The highest BCUT2D eigenvalue weighted by Gasteiger charge is 2.35. The SMILES string of the molecule is CCOC(=O)C(F)[C@H](N)c1ccc(C(F)(F)F)c(F)c1.Cl. The lowest BCUT2D eigenvalue weighted by Gasteiger charge is -2.17. The Bertz CT molecular complexity index is 495. The van der Waals surface area contributed by atoms with Crippen LogP contribution in [0.25, 0.3) is 0 Å². The summed E-state index contributed by atoms with van der Waals surface area (Å²) in [6.07, 6.45) is -7.14. The second kappa shape index (κ2) is 7.56. The molecule has 1 aromatic carbocycles. The number of ether oxygens (including phenoxy) is 1. The molecule has 0 aliphatic heterocycles. The Labute approximate surface area is 123 Å². The minimum absolute atomic E-state index is 0. The monoisotopic (exact) mass is 333 g/mol. The van der Waals surface area contributed by atoms with Crippen molar-refractivity contribution in [1.29, 1.82) is 0 Å². The van der Waals surface area contributed by atoms with Crippen LogP contribution in [0.2, 0.25) is 0 Å². The number of carbonyl (C=O) groups excluding carboxylic acids is 1. The number of rotatable bonds is 4. The minimum atomic E-state index is -4.86. The van der Waals surface area contributed by atoms with E-state index in [4.69, 9.17) is 5.73 Å². The zero-order chi connectivity index (χ0) is 15.5. The van der Waals surface area contributed by atoms with Gasteiger partial charge < -0.3 is 10.5 Å². The van der Waals surface area contributed by atoms with Gasteiger partial charge in [-0.15, -0.1) is 12.4 Å². The minimum Gasteiger partial charge on any atom is -0.464 e. The third-order valence-electron chi connectivity index (χ3n) is 2.51. The molecule has 1 unspecified atom stereocenters. The molecule has 0 aliphatic carbocycles. The van der Waals surface area contributed by atoms with Crippen LogP contribution in [0.4, 0.5) is 22.0 Å². The Kier molecular flexibility index (Phi) is 7.05. The van der Waals surface area contributed by atoms with Crippen molar-refractivity contribution in [2.45, 2.75) is 25.3 Å². The molecule has 0 saturated carbocycles. The van der Waals surface area contributed by atoms with E-state index in [-0.39, 0.29) is 24.6 Å². The van der Waals surface area contributed by atoms with E-state index in [1.165, 1.54) is 6.92 Å². The summed E-state index contributed by atoms with van der Waals surface area (Å²) in [6, 6.07) is 0.121. The number of carbonyl (C=O) groups is 1. The van der Waals surface area contributed by atoms with Gasteiger partial charge in [0.2, 0.25) is 6.17 Å². The summed E-state index contributed by atoms with van der Waals surface area (Å²) in [5.74, 6) is -2.83. The fourth-order valence-electron chi connectivity index (χ4n) is 1.51. The van der Waals surface area contributed by atoms with Gasteiger partial charge in [-0.2, -0.15) is 13.2 Å². The van der Waals surface area contributed by atoms with Crippen molar-refractivity contribution < 1.29 is 31.5 Å².